The normalized spacial score (nSPS) is 19.7. The molecule has 1 atom stereocenters. The van der Waals surface area contributed by atoms with E-state index in [4.69, 9.17) is 16.1 Å². The zero-order valence-electron chi connectivity index (χ0n) is 13.2. The maximum Gasteiger partial charge on any atom is 0.245 e. The van der Waals surface area contributed by atoms with E-state index in [2.05, 4.69) is 33.1 Å². The van der Waals surface area contributed by atoms with Crippen LogP contribution in [0.4, 0.5) is 0 Å². The fourth-order valence-electron chi connectivity index (χ4n) is 2.82. The molecule has 3 rings (SSSR count). The fraction of sp³-hybridized carbons (Fsp3) is 0.438. The summed E-state index contributed by atoms with van der Waals surface area (Å²) < 4.78 is 5.33. The van der Waals surface area contributed by atoms with E-state index < -0.39 is 0 Å². The van der Waals surface area contributed by atoms with Crippen LogP contribution in [0.1, 0.15) is 28.9 Å². The molecule has 1 aliphatic rings. The molecule has 1 saturated heterocycles. The van der Waals surface area contributed by atoms with E-state index in [9.17, 15) is 5.26 Å². The third-order valence-electron chi connectivity index (χ3n) is 4.15. The molecule has 0 N–H and O–H groups in total. The predicted molar refractivity (Wildman–Crippen MR) is 85.9 cm³/mol. The first-order chi connectivity index (χ1) is 11.1. The molecule has 120 valence electrons. The van der Waals surface area contributed by atoms with Crippen LogP contribution in [0.25, 0.3) is 0 Å². The van der Waals surface area contributed by atoms with Gasteiger partial charge in [-0.25, -0.2) is 0 Å². The fourth-order valence-corrected chi connectivity index (χ4v) is 2.99. The largest absolute Gasteiger partial charge is 0.338 e. The van der Waals surface area contributed by atoms with Crippen molar-refractivity contribution in [1.82, 2.24) is 19.9 Å². The van der Waals surface area contributed by atoms with Gasteiger partial charge in [0.25, 0.3) is 0 Å². The van der Waals surface area contributed by atoms with Gasteiger partial charge in [0.05, 0.1) is 11.6 Å². The van der Waals surface area contributed by atoms with Gasteiger partial charge in [0.15, 0.2) is 5.82 Å². The monoisotopic (exact) mass is 331 g/mol. The summed E-state index contributed by atoms with van der Waals surface area (Å²) in [5, 5.41) is 13.7. The molecule has 1 fully saturated rings. The Morgan fingerprint density at radius 3 is 2.96 bits per heavy atom. The van der Waals surface area contributed by atoms with Crippen LogP contribution in [0, 0.1) is 18.3 Å². The van der Waals surface area contributed by atoms with E-state index >= 15 is 0 Å². The van der Waals surface area contributed by atoms with Gasteiger partial charge in [-0.2, -0.15) is 10.2 Å². The minimum absolute atomic E-state index is 0.0720. The summed E-state index contributed by atoms with van der Waals surface area (Å²) in [6.45, 7) is 5.14. The summed E-state index contributed by atoms with van der Waals surface area (Å²) in [4.78, 5) is 8.87. The smallest absolute Gasteiger partial charge is 0.245 e. The Labute approximate surface area is 140 Å². The van der Waals surface area contributed by atoms with Crippen LogP contribution in [0.15, 0.2) is 22.7 Å². The lowest BCUT2D eigenvalue weighted by molar-refractivity contribution is 0.0714. The van der Waals surface area contributed by atoms with Crippen molar-refractivity contribution in [3.8, 4) is 6.07 Å². The minimum Gasteiger partial charge on any atom is -0.338 e. The van der Waals surface area contributed by atoms with Crippen molar-refractivity contribution in [1.29, 1.82) is 5.26 Å². The molecule has 0 saturated carbocycles. The lowest BCUT2D eigenvalue weighted by Crippen LogP contribution is -2.46. The van der Waals surface area contributed by atoms with Crippen LogP contribution in [0.2, 0.25) is 5.02 Å². The summed E-state index contributed by atoms with van der Waals surface area (Å²) in [6, 6.07) is 7.75. The molecular formula is C16H18ClN5O. The molecule has 6 nitrogen and oxygen atoms in total. The third kappa shape index (κ3) is 3.53. The number of benzene rings is 1. The second-order valence-corrected chi connectivity index (χ2v) is 6.26. The van der Waals surface area contributed by atoms with Gasteiger partial charge in [-0.3, -0.25) is 9.80 Å². The number of hydrogen-bond acceptors (Lipinski definition) is 6. The molecule has 0 unspecified atom stereocenters. The molecule has 1 aromatic heterocycles. The van der Waals surface area contributed by atoms with Crippen molar-refractivity contribution >= 4 is 11.6 Å². The van der Waals surface area contributed by atoms with Crippen molar-refractivity contribution in [3.05, 3.63) is 46.1 Å². The zero-order chi connectivity index (χ0) is 16.4. The van der Waals surface area contributed by atoms with Crippen LogP contribution in [0.3, 0.4) is 0 Å². The van der Waals surface area contributed by atoms with Crippen LogP contribution in [-0.4, -0.2) is 46.6 Å². The van der Waals surface area contributed by atoms with E-state index in [0.717, 1.165) is 25.2 Å². The number of aryl methyl sites for hydroxylation is 1. The molecule has 0 amide bonds. The average molecular weight is 332 g/mol. The number of halogens is 1. The first kappa shape index (κ1) is 15.9. The number of nitriles is 1. The number of rotatable bonds is 3. The molecule has 0 aliphatic carbocycles. The van der Waals surface area contributed by atoms with E-state index in [1.165, 1.54) is 0 Å². The van der Waals surface area contributed by atoms with Crippen molar-refractivity contribution < 1.29 is 4.52 Å². The van der Waals surface area contributed by atoms with Crippen molar-refractivity contribution in [2.24, 2.45) is 0 Å². The molecule has 2 heterocycles. The van der Waals surface area contributed by atoms with Crippen LogP contribution in [0.5, 0.6) is 0 Å². The lowest BCUT2D eigenvalue weighted by Gasteiger charge is -2.37. The van der Waals surface area contributed by atoms with E-state index in [0.29, 0.717) is 28.8 Å². The number of aromatic nitrogens is 2. The molecule has 0 bridgehead atoms. The second kappa shape index (κ2) is 6.67. The Morgan fingerprint density at radius 2 is 2.26 bits per heavy atom. The molecular weight excluding hydrogens is 314 g/mol. The number of hydrogen-bond donors (Lipinski definition) is 0. The number of nitrogens with zero attached hydrogens (tertiary/aromatic N) is 5. The highest BCUT2D eigenvalue weighted by Crippen LogP contribution is 2.25. The van der Waals surface area contributed by atoms with Crippen LogP contribution < -0.4 is 0 Å². The molecule has 0 spiro atoms. The predicted octanol–water partition coefficient (Wildman–Crippen LogP) is 2.39. The summed E-state index contributed by atoms with van der Waals surface area (Å²) in [7, 11) is 2.06. The third-order valence-corrected chi connectivity index (χ3v) is 4.38. The Hall–Kier alpha value is -1.94. The summed E-state index contributed by atoms with van der Waals surface area (Å²) in [5.74, 6) is 1.29. The summed E-state index contributed by atoms with van der Waals surface area (Å²) in [6.07, 6.45) is 0. The highest BCUT2D eigenvalue weighted by atomic mass is 35.5. The van der Waals surface area contributed by atoms with Gasteiger partial charge in [-0.1, -0.05) is 22.8 Å². The minimum atomic E-state index is 0.0720. The lowest BCUT2D eigenvalue weighted by atomic mass is 10.1. The zero-order valence-corrected chi connectivity index (χ0v) is 13.9. The molecule has 23 heavy (non-hydrogen) atoms. The quantitative estimate of drug-likeness (QED) is 0.860. The van der Waals surface area contributed by atoms with Crippen LogP contribution in [-0.2, 0) is 6.54 Å². The standard InChI is InChI=1S/C16H18ClN5O/c1-11-19-16(23-20-11)15-10-22(6-5-21(15)2)9-12-3-4-14(17)7-13(12)8-18/h3-4,7,15H,5-6,9-10H2,1-2H3/t15-/m1/s1. The van der Waals surface area contributed by atoms with Crippen molar-refractivity contribution in [2.75, 3.05) is 26.7 Å². The van der Waals surface area contributed by atoms with Gasteiger partial charge in [0, 0.05) is 31.2 Å². The van der Waals surface area contributed by atoms with E-state index in [1.807, 2.05) is 19.1 Å². The highest BCUT2D eigenvalue weighted by Gasteiger charge is 2.30. The first-order valence-electron chi connectivity index (χ1n) is 7.48. The summed E-state index contributed by atoms with van der Waals surface area (Å²) in [5.41, 5.74) is 1.61. The second-order valence-electron chi connectivity index (χ2n) is 5.82. The van der Waals surface area contributed by atoms with Crippen molar-refractivity contribution in [2.45, 2.75) is 19.5 Å². The highest BCUT2D eigenvalue weighted by molar-refractivity contribution is 6.30. The molecule has 1 aliphatic heterocycles. The van der Waals surface area contributed by atoms with Crippen LogP contribution >= 0.6 is 11.6 Å². The Morgan fingerprint density at radius 1 is 1.43 bits per heavy atom. The van der Waals surface area contributed by atoms with Gasteiger partial charge in [0.1, 0.15) is 6.04 Å². The number of piperazine rings is 1. The van der Waals surface area contributed by atoms with Gasteiger partial charge in [-0.15, -0.1) is 0 Å². The maximum atomic E-state index is 9.28. The Kier molecular flexibility index (Phi) is 4.62. The SMILES string of the molecule is Cc1noc([C@H]2CN(Cc3ccc(Cl)cc3C#N)CCN2C)n1. The van der Waals surface area contributed by atoms with Gasteiger partial charge >= 0.3 is 0 Å². The van der Waals surface area contributed by atoms with Gasteiger partial charge < -0.3 is 4.52 Å². The average Bonchev–Trinajstić information content (AvgIpc) is 2.97. The Balaban J connectivity index is 1.76. The molecule has 7 heteroatoms. The van der Waals surface area contributed by atoms with Crippen molar-refractivity contribution in [3.63, 3.8) is 0 Å². The number of likely N-dealkylation sites (N-methyl/N-ethyl adjacent to an activating group) is 1. The first-order valence-corrected chi connectivity index (χ1v) is 7.86. The Bertz CT molecular complexity index is 738. The van der Waals surface area contributed by atoms with E-state index in [1.54, 1.807) is 6.07 Å². The molecule has 0 radical (unpaired) electrons. The van der Waals surface area contributed by atoms with Gasteiger partial charge in [-0.05, 0) is 31.7 Å². The molecule has 1 aromatic carbocycles. The van der Waals surface area contributed by atoms with Gasteiger partial charge in [0.2, 0.25) is 5.89 Å². The topological polar surface area (TPSA) is 69.2 Å². The summed E-state index contributed by atoms with van der Waals surface area (Å²) >= 11 is 5.96. The molecule has 2 aromatic rings. The van der Waals surface area contributed by atoms with E-state index in [-0.39, 0.29) is 6.04 Å². The maximum absolute atomic E-state index is 9.28.